The highest BCUT2D eigenvalue weighted by Crippen LogP contribution is 2.18. The molecule has 0 radical (unpaired) electrons. The van der Waals surface area contributed by atoms with Crippen molar-refractivity contribution in [1.29, 1.82) is 5.26 Å². The van der Waals surface area contributed by atoms with E-state index in [1.54, 1.807) is 36.4 Å². The molecule has 0 aliphatic heterocycles. The van der Waals surface area contributed by atoms with Gasteiger partial charge in [-0.3, -0.25) is 9.59 Å². The fourth-order valence-electron chi connectivity index (χ4n) is 2.27. The minimum atomic E-state index is -0.769. The number of hydrogen-bond donors (Lipinski definition) is 0. The Morgan fingerprint density at radius 3 is 2.33 bits per heavy atom. The van der Waals surface area contributed by atoms with Crippen molar-refractivity contribution in [2.75, 3.05) is 20.2 Å². The fourth-order valence-corrected chi connectivity index (χ4v) is 2.40. The van der Waals surface area contributed by atoms with Gasteiger partial charge in [-0.05, 0) is 30.3 Å². The molecule has 6 nitrogen and oxygen atoms in total. The Hall–Kier alpha value is -3.17. The van der Waals surface area contributed by atoms with Gasteiger partial charge in [-0.15, -0.1) is 0 Å². The predicted molar refractivity (Wildman–Crippen MR) is 99.5 cm³/mol. The molecule has 0 fully saturated rings. The first-order chi connectivity index (χ1) is 12.9. The molecule has 138 valence electrons. The van der Waals surface area contributed by atoms with Crippen molar-refractivity contribution in [2.45, 2.75) is 6.42 Å². The molecule has 0 heterocycles. The van der Waals surface area contributed by atoms with Crippen LogP contribution in [0.3, 0.4) is 0 Å². The first-order valence-electron chi connectivity index (χ1n) is 8.11. The van der Waals surface area contributed by atoms with Gasteiger partial charge >= 0.3 is 5.97 Å². The van der Waals surface area contributed by atoms with Crippen molar-refractivity contribution in [3.63, 3.8) is 0 Å². The first kappa shape index (κ1) is 20.1. The average molecular weight is 385 g/mol. The maximum Gasteiger partial charge on any atom is 0.339 e. The van der Waals surface area contributed by atoms with Crippen LogP contribution >= 0.6 is 11.6 Å². The summed E-state index contributed by atoms with van der Waals surface area (Å²) in [6.07, 6.45) is 0.189. The normalized spacial score (nSPS) is 9.96. The second-order valence-electron chi connectivity index (χ2n) is 5.68. The quantitative estimate of drug-likeness (QED) is 0.540. The number of nitrogens with zero attached hydrogens (tertiary/aromatic N) is 2. The van der Waals surface area contributed by atoms with Gasteiger partial charge in [0.1, 0.15) is 0 Å². The zero-order valence-corrected chi connectivity index (χ0v) is 15.4. The Kier molecular flexibility index (Phi) is 7.09. The van der Waals surface area contributed by atoms with Crippen LogP contribution < -0.4 is 0 Å². The molecule has 0 unspecified atom stereocenters. The van der Waals surface area contributed by atoms with Gasteiger partial charge in [-0.25, -0.2) is 4.79 Å². The Labute approximate surface area is 161 Å². The number of likely N-dealkylation sites (N-methyl/N-ethyl adjacent to an activating group) is 1. The van der Waals surface area contributed by atoms with Crippen LogP contribution in [0.4, 0.5) is 0 Å². The lowest BCUT2D eigenvalue weighted by Gasteiger charge is -2.15. The summed E-state index contributed by atoms with van der Waals surface area (Å²) in [4.78, 5) is 38.3. The van der Waals surface area contributed by atoms with Crippen LogP contribution in [0.2, 0.25) is 5.02 Å². The summed E-state index contributed by atoms with van der Waals surface area (Å²) in [5.74, 6) is -1.55. The number of ketones is 1. The van der Waals surface area contributed by atoms with Crippen LogP contribution in [0, 0.1) is 11.3 Å². The average Bonchev–Trinajstić information content (AvgIpc) is 2.69. The summed E-state index contributed by atoms with van der Waals surface area (Å²) in [5, 5.41) is 9.04. The Balaban J connectivity index is 2.11. The van der Waals surface area contributed by atoms with Gasteiger partial charge in [0, 0.05) is 29.7 Å². The monoisotopic (exact) mass is 384 g/mol. The number of nitriles is 1. The van der Waals surface area contributed by atoms with Gasteiger partial charge in [-0.2, -0.15) is 5.26 Å². The summed E-state index contributed by atoms with van der Waals surface area (Å²) in [5.41, 5.74) is 0.631. The van der Waals surface area contributed by atoms with E-state index < -0.39 is 18.5 Å². The zero-order valence-electron chi connectivity index (χ0n) is 14.6. The Bertz CT molecular complexity index is 888. The van der Waals surface area contributed by atoms with E-state index in [9.17, 15) is 14.4 Å². The van der Waals surface area contributed by atoms with Gasteiger partial charge in [0.2, 0.25) is 0 Å². The molecule has 2 aromatic carbocycles. The fraction of sp³-hybridized carbons (Fsp3) is 0.200. The van der Waals surface area contributed by atoms with E-state index in [2.05, 4.69) is 0 Å². The summed E-state index contributed by atoms with van der Waals surface area (Å²) >= 11 is 5.83. The Morgan fingerprint density at radius 2 is 1.70 bits per heavy atom. The third-order valence-corrected chi connectivity index (χ3v) is 4.06. The number of halogens is 1. The lowest BCUT2D eigenvalue weighted by atomic mass is 9.98. The maximum atomic E-state index is 12.7. The van der Waals surface area contributed by atoms with Gasteiger partial charge in [0.25, 0.3) is 5.91 Å². The molecular formula is C20H17ClN2O4. The maximum absolute atomic E-state index is 12.7. The minimum Gasteiger partial charge on any atom is -0.452 e. The molecular weight excluding hydrogens is 368 g/mol. The van der Waals surface area contributed by atoms with Crippen LogP contribution in [-0.4, -0.2) is 42.8 Å². The molecule has 0 aliphatic rings. The van der Waals surface area contributed by atoms with E-state index in [4.69, 9.17) is 21.6 Å². The number of rotatable bonds is 7. The molecule has 1 amide bonds. The molecule has 27 heavy (non-hydrogen) atoms. The van der Waals surface area contributed by atoms with Crippen molar-refractivity contribution in [3.8, 4) is 6.07 Å². The number of hydrogen-bond acceptors (Lipinski definition) is 5. The molecule has 0 saturated heterocycles. The van der Waals surface area contributed by atoms with Crippen molar-refractivity contribution < 1.29 is 19.1 Å². The molecule has 0 atom stereocenters. The highest BCUT2D eigenvalue weighted by atomic mass is 35.5. The summed E-state index contributed by atoms with van der Waals surface area (Å²) in [6, 6.07) is 14.5. The van der Waals surface area contributed by atoms with E-state index >= 15 is 0 Å². The number of amides is 1. The number of benzene rings is 2. The highest BCUT2D eigenvalue weighted by molar-refractivity contribution is 6.30. The molecule has 0 aromatic heterocycles. The highest BCUT2D eigenvalue weighted by Gasteiger charge is 2.20. The second-order valence-corrected chi connectivity index (χ2v) is 6.12. The lowest BCUT2D eigenvalue weighted by molar-refractivity contribution is -0.133. The van der Waals surface area contributed by atoms with Gasteiger partial charge < -0.3 is 9.64 Å². The molecule has 2 aromatic rings. The van der Waals surface area contributed by atoms with E-state index in [1.807, 2.05) is 6.07 Å². The van der Waals surface area contributed by atoms with Gasteiger partial charge in [-0.1, -0.05) is 29.8 Å². The Morgan fingerprint density at radius 1 is 1.07 bits per heavy atom. The predicted octanol–water partition coefficient (Wildman–Crippen LogP) is 3.10. The molecule has 0 N–H and O–H groups in total. The standard InChI is InChI=1S/C20H17ClN2O4/c1-23(12-4-11-22)18(24)13-27-20(26)17-6-3-2-5-16(17)19(25)14-7-9-15(21)10-8-14/h2-3,5-10H,4,12-13H2,1H3. The minimum absolute atomic E-state index is 0.0740. The van der Waals surface area contributed by atoms with Crippen molar-refractivity contribution in [3.05, 3.63) is 70.2 Å². The van der Waals surface area contributed by atoms with E-state index in [1.165, 1.54) is 24.1 Å². The topological polar surface area (TPSA) is 87.5 Å². The number of carbonyl (C=O) groups is 3. The van der Waals surface area contributed by atoms with Crippen molar-refractivity contribution in [2.24, 2.45) is 0 Å². The van der Waals surface area contributed by atoms with Crippen molar-refractivity contribution in [1.82, 2.24) is 4.90 Å². The van der Waals surface area contributed by atoms with E-state index in [0.29, 0.717) is 10.6 Å². The van der Waals surface area contributed by atoms with Crippen LogP contribution in [0.15, 0.2) is 48.5 Å². The molecule has 0 bridgehead atoms. The number of esters is 1. The van der Waals surface area contributed by atoms with Crippen LogP contribution in [0.1, 0.15) is 32.7 Å². The van der Waals surface area contributed by atoms with Gasteiger partial charge in [0.05, 0.1) is 18.1 Å². The molecule has 7 heteroatoms. The van der Waals surface area contributed by atoms with E-state index in [-0.39, 0.29) is 29.9 Å². The largest absolute Gasteiger partial charge is 0.452 e. The second kappa shape index (κ2) is 9.51. The lowest BCUT2D eigenvalue weighted by Crippen LogP contribution is -2.32. The van der Waals surface area contributed by atoms with E-state index in [0.717, 1.165) is 0 Å². The molecule has 0 saturated carbocycles. The van der Waals surface area contributed by atoms with Crippen LogP contribution in [0.5, 0.6) is 0 Å². The first-order valence-corrected chi connectivity index (χ1v) is 8.49. The summed E-state index contributed by atoms with van der Waals surface area (Å²) in [7, 11) is 1.52. The van der Waals surface area contributed by atoms with Crippen LogP contribution in [-0.2, 0) is 9.53 Å². The van der Waals surface area contributed by atoms with Crippen LogP contribution in [0.25, 0.3) is 0 Å². The summed E-state index contributed by atoms with van der Waals surface area (Å²) in [6.45, 7) is -0.219. The number of ether oxygens (including phenoxy) is 1. The SMILES string of the molecule is CN(CCC#N)C(=O)COC(=O)c1ccccc1C(=O)c1ccc(Cl)cc1. The molecule has 0 aliphatic carbocycles. The molecule has 2 rings (SSSR count). The third-order valence-electron chi connectivity index (χ3n) is 3.81. The van der Waals surface area contributed by atoms with Crippen molar-refractivity contribution >= 4 is 29.3 Å². The number of carbonyl (C=O) groups excluding carboxylic acids is 3. The smallest absolute Gasteiger partial charge is 0.339 e. The van der Waals surface area contributed by atoms with Gasteiger partial charge in [0.15, 0.2) is 12.4 Å². The third kappa shape index (κ3) is 5.40. The molecule has 0 spiro atoms. The zero-order chi connectivity index (χ0) is 19.8. The summed E-state index contributed by atoms with van der Waals surface area (Å²) < 4.78 is 5.05.